The van der Waals surface area contributed by atoms with Crippen LogP contribution in [-0.4, -0.2) is 12.5 Å². The van der Waals surface area contributed by atoms with Gasteiger partial charge in [-0.15, -0.1) is 6.42 Å². The van der Waals surface area contributed by atoms with Crippen molar-refractivity contribution in [1.29, 1.82) is 0 Å². The lowest BCUT2D eigenvalue weighted by atomic mass is 10.2. The fourth-order valence-electron chi connectivity index (χ4n) is 1.62. The number of rotatable bonds is 4. The predicted molar refractivity (Wildman–Crippen MR) is 74.9 cm³/mol. The minimum atomic E-state index is -0.864. The summed E-state index contributed by atoms with van der Waals surface area (Å²) in [7, 11) is 0. The van der Waals surface area contributed by atoms with Crippen molar-refractivity contribution in [2.75, 3.05) is 11.9 Å². The van der Waals surface area contributed by atoms with E-state index in [0.29, 0.717) is 17.3 Å². The molecule has 0 saturated carbocycles. The van der Waals surface area contributed by atoms with Crippen molar-refractivity contribution < 1.29 is 18.3 Å². The molecule has 0 aliphatic rings. The standard InChI is InChI=1S/C16H11F2NO2/c1-2-11-4-3-5-13(8-11)19-16(20)10-21-15-7-6-12(17)9-14(15)18/h1,3-9H,10H2,(H,19,20). The van der Waals surface area contributed by atoms with Crippen molar-refractivity contribution in [2.24, 2.45) is 0 Å². The predicted octanol–water partition coefficient (Wildman–Crippen LogP) is 2.96. The zero-order valence-corrected chi connectivity index (χ0v) is 10.9. The van der Waals surface area contributed by atoms with Crippen LogP contribution in [0.4, 0.5) is 14.5 Å². The molecule has 0 fully saturated rings. The van der Waals surface area contributed by atoms with Gasteiger partial charge in [0.05, 0.1) is 0 Å². The van der Waals surface area contributed by atoms with E-state index in [9.17, 15) is 13.6 Å². The quantitative estimate of drug-likeness (QED) is 0.878. The SMILES string of the molecule is C#Cc1cccc(NC(=O)COc2ccc(F)cc2F)c1. The molecule has 0 unspecified atom stereocenters. The van der Waals surface area contributed by atoms with Crippen molar-refractivity contribution in [3.8, 4) is 18.1 Å². The van der Waals surface area contributed by atoms with E-state index in [4.69, 9.17) is 11.2 Å². The number of anilines is 1. The van der Waals surface area contributed by atoms with E-state index in [0.717, 1.165) is 12.1 Å². The summed E-state index contributed by atoms with van der Waals surface area (Å²) in [5.74, 6) is 0.198. The minimum absolute atomic E-state index is 0.191. The van der Waals surface area contributed by atoms with E-state index in [1.54, 1.807) is 24.3 Å². The van der Waals surface area contributed by atoms with Crippen LogP contribution in [-0.2, 0) is 4.79 Å². The summed E-state index contributed by atoms with van der Waals surface area (Å²) >= 11 is 0. The van der Waals surface area contributed by atoms with Crippen LogP contribution >= 0.6 is 0 Å². The number of hydrogen-bond donors (Lipinski definition) is 1. The molecule has 0 bridgehead atoms. The van der Waals surface area contributed by atoms with E-state index >= 15 is 0 Å². The number of nitrogens with one attached hydrogen (secondary N) is 1. The van der Waals surface area contributed by atoms with Crippen LogP contribution in [0.5, 0.6) is 5.75 Å². The average molecular weight is 287 g/mol. The highest BCUT2D eigenvalue weighted by Gasteiger charge is 2.08. The summed E-state index contributed by atoms with van der Waals surface area (Å²) in [4.78, 5) is 11.7. The molecule has 0 aromatic heterocycles. The van der Waals surface area contributed by atoms with Crippen LogP contribution in [0.3, 0.4) is 0 Å². The van der Waals surface area contributed by atoms with Crippen LogP contribution < -0.4 is 10.1 Å². The van der Waals surface area contributed by atoms with Gasteiger partial charge in [-0.25, -0.2) is 8.78 Å². The molecule has 2 aromatic rings. The summed E-state index contributed by atoms with van der Waals surface area (Å²) in [5, 5.41) is 2.56. The third-order valence-corrected chi connectivity index (χ3v) is 2.57. The molecule has 106 valence electrons. The van der Waals surface area contributed by atoms with E-state index in [2.05, 4.69) is 11.2 Å². The Morgan fingerprint density at radius 3 is 2.76 bits per heavy atom. The third-order valence-electron chi connectivity index (χ3n) is 2.57. The Labute approximate surface area is 120 Å². The van der Waals surface area contributed by atoms with Gasteiger partial charge in [0.15, 0.2) is 18.2 Å². The van der Waals surface area contributed by atoms with Gasteiger partial charge in [0.1, 0.15) is 5.82 Å². The summed E-state index contributed by atoms with van der Waals surface area (Å²) in [6.45, 7) is -0.400. The topological polar surface area (TPSA) is 38.3 Å². The zero-order valence-electron chi connectivity index (χ0n) is 10.9. The first-order chi connectivity index (χ1) is 10.1. The van der Waals surface area contributed by atoms with Gasteiger partial charge in [-0.3, -0.25) is 4.79 Å². The Hall–Kier alpha value is -2.87. The van der Waals surface area contributed by atoms with Crippen LogP contribution in [0.15, 0.2) is 42.5 Å². The molecule has 0 atom stereocenters. The largest absolute Gasteiger partial charge is 0.481 e. The third kappa shape index (κ3) is 4.05. The molecule has 1 amide bonds. The van der Waals surface area contributed by atoms with Crippen molar-refractivity contribution in [2.45, 2.75) is 0 Å². The molecule has 1 N–H and O–H groups in total. The number of carbonyl (C=O) groups excluding carboxylic acids is 1. The highest BCUT2D eigenvalue weighted by atomic mass is 19.1. The molecule has 0 aliphatic carbocycles. The van der Waals surface area contributed by atoms with Gasteiger partial charge in [-0.1, -0.05) is 12.0 Å². The molecule has 0 aliphatic heterocycles. The van der Waals surface area contributed by atoms with Crippen molar-refractivity contribution in [3.63, 3.8) is 0 Å². The molecular formula is C16H11F2NO2. The van der Waals surface area contributed by atoms with E-state index in [1.165, 1.54) is 0 Å². The van der Waals surface area contributed by atoms with Crippen LogP contribution in [0.1, 0.15) is 5.56 Å². The van der Waals surface area contributed by atoms with Crippen LogP contribution in [0.2, 0.25) is 0 Å². The molecule has 0 heterocycles. The first-order valence-electron chi connectivity index (χ1n) is 6.03. The van der Waals surface area contributed by atoms with Gasteiger partial charge in [0.25, 0.3) is 5.91 Å². The van der Waals surface area contributed by atoms with Crippen molar-refractivity contribution in [3.05, 3.63) is 59.7 Å². The Balaban J connectivity index is 1.94. The number of terminal acetylenes is 1. The second-order valence-corrected chi connectivity index (χ2v) is 4.14. The summed E-state index contributed by atoms with van der Waals surface area (Å²) in [6, 6.07) is 9.56. The van der Waals surface area contributed by atoms with Crippen LogP contribution in [0.25, 0.3) is 0 Å². The highest BCUT2D eigenvalue weighted by Crippen LogP contribution is 2.17. The number of hydrogen-bond acceptors (Lipinski definition) is 2. The minimum Gasteiger partial charge on any atom is -0.481 e. The van der Waals surface area contributed by atoms with E-state index < -0.39 is 24.1 Å². The normalized spacial score (nSPS) is 9.76. The monoisotopic (exact) mass is 287 g/mol. The summed E-state index contributed by atoms with van der Waals surface area (Å²) in [5.41, 5.74) is 1.14. The van der Waals surface area contributed by atoms with Gasteiger partial charge in [-0.2, -0.15) is 0 Å². The molecule has 3 nitrogen and oxygen atoms in total. The molecule has 5 heteroatoms. The maximum atomic E-state index is 13.3. The second kappa shape index (κ2) is 6.53. The van der Waals surface area contributed by atoms with Crippen LogP contribution in [0, 0.1) is 24.0 Å². The maximum Gasteiger partial charge on any atom is 0.262 e. The number of benzene rings is 2. The van der Waals surface area contributed by atoms with Crippen molar-refractivity contribution in [1.82, 2.24) is 0 Å². The number of ether oxygens (including phenoxy) is 1. The van der Waals surface area contributed by atoms with Gasteiger partial charge < -0.3 is 10.1 Å². The van der Waals surface area contributed by atoms with Gasteiger partial charge in [0.2, 0.25) is 0 Å². The molecule has 0 radical (unpaired) electrons. The number of amides is 1. The van der Waals surface area contributed by atoms with E-state index in [-0.39, 0.29) is 5.75 Å². The van der Waals surface area contributed by atoms with Crippen molar-refractivity contribution >= 4 is 11.6 Å². The number of carbonyl (C=O) groups is 1. The molecule has 21 heavy (non-hydrogen) atoms. The second-order valence-electron chi connectivity index (χ2n) is 4.14. The first-order valence-corrected chi connectivity index (χ1v) is 6.03. The highest BCUT2D eigenvalue weighted by molar-refractivity contribution is 5.92. The first kappa shape index (κ1) is 14.5. The Kier molecular flexibility index (Phi) is 4.52. The van der Waals surface area contributed by atoms with Gasteiger partial charge in [-0.05, 0) is 30.3 Å². The zero-order chi connectivity index (χ0) is 15.2. The van der Waals surface area contributed by atoms with Gasteiger partial charge in [0, 0.05) is 17.3 Å². The fraction of sp³-hybridized carbons (Fsp3) is 0.0625. The maximum absolute atomic E-state index is 13.3. The summed E-state index contributed by atoms with van der Waals surface area (Å²) < 4.78 is 31.0. The molecule has 0 spiro atoms. The Morgan fingerprint density at radius 2 is 2.05 bits per heavy atom. The molecule has 2 rings (SSSR count). The fourth-order valence-corrected chi connectivity index (χ4v) is 1.62. The Morgan fingerprint density at radius 1 is 1.24 bits per heavy atom. The smallest absolute Gasteiger partial charge is 0.262 e. The molecule has 0 saturated heterocycles. The lowest BCUT2D eigenvalue weighted by Gasteiger charge is -2.08. The average Bonchev–Trinajstić information content (AvgIpc) is 2.46. The van der Waals surface area contributed by atoms with Gasteiger partial charge >= 0.3 is 0 Å². The lowest BCUT2D eigenvalue weighted by molar-refractivity contribution is -0.118. The van der Waals surface area contributed by atoms with E-state index in [1.807, 2.05) is 0 Å². The number of halogens is 2. The summed E-state index contributed by atoms with van der Waals surface area (Å²) in [6.07, 6.45) is 5.25. The lowest BCUT2D eigenvalue weighted by Crippen LogP contribution is -2.20. The Bertz CT molecular complexity index is 708. The molecular weight excluding hydrogens is 276 g/mol. The molecule has 2 aromatic carbocycles.